The summed E-state index contributed by atoms with van der Waals surface area (Å²) < 4.78 is 0. The van der Waals surface area contributed by atoms with Gasteiger partial charge in [0.25, 0.3) is 0 Å². The molecule has 3 atom stereocenters. The van der Waals surface area contributed by atoms with Crippen LogP contribution in [0, 0.1) is 5.92 Å². The first-order valence-electron chi connectivity index (χ1n) is 6.90. The molecule has 0 radical (unpaired) electrons. The molecular formula is C13H23N3O2. The van der Waals surface area contributed by atoms with Crippen LogP contribution in [0.1, 0.15) is 38.5 Å². The minimum atomic E-state index is -0.264. The van der Waals surface area contributed by atoms with Crippen molar-refractivity contribution in [3.05, 3.63) is 0 Å². The van der Waals surface area contributed by atoms with E-state index in [0.29, 0.717) is 18.9 Å². The first kappa shape index (κ1) is 13.3. The van der Waals surface area contributed by atoms with Crippen molar-refractivity contribution in [3.63, 3.8) is 0 Å². The van der Waals surface area contributed by atoms with Gasteiger partial charge in [-0.2, -0.15) is 0 Å². The quantitative estimate of drug-likeness (QED) is 0.756. The second-order valence-electron chi connectivity index (χ2n) is 5.42. The fourth-order valence-corrected chi connectivity index (χ4v) is 3.16. The Morgan fingerprint density at radius 1 is 1.28 bits per heavy atom. The monoisotopic (exact) mass is 253 g/mol. The lowest BCUT2D eigenvalue weighted by Gasteiger charge is -2.25. The SMILES string of the molecule is CNC(=O)C1CCCN1C(=O)C[C@@H]1CCC[C@H]1N. The van der Waals surface area contributed by atoms with Gasteiger partial charge in [-0.1, -0.05) is 6.42 Å². The molecule has 1 heterocycles. The van der Waals surface area contributed by atoms with Crippen LogP contribution in [-0.2, 0) is 9.59 Å². The molecule has 5 heteroatoms. The molecule has 3 N–H and O–H groups in total. The van der Waals surface area contributed by atoms with E-state index in [9.17, 15) is 9.59 Å². The average Bonchev–Trinajstić information content (AvgIpc) is 2.98. The largest absolute Gasteiger partial charge is 0.357 e. The van der Waals surface area contributed by atoms with Crippen molar-refractivity contribution < 1.29 is 9.59 Å². The van der Waals surface area contributed by atoms with Gasteiger partial charge in [-0.3, -0.25) is 9.59 Å². The molecule has 0 aromatic rings. The lowest BCUT2D eigenvalue weighted by molar-refractivity contribution is -0.139. The van der Waals surface area contributed by atoms with Crippen LogP contribution in [0.2, 0.25) is 0 Å². The van der Waals surface area contributed by atoms with Gasteiger partial charge in [0.1, 0.15) is 6.04 Å². The summed E-state index contributed by atoms with van der Waals surface area (Å²) in [7, 11) is 1.62. The number of carbonyl (C=O) groups excluding carboxylic acids is 2. The van der Waals surface area contributed by atoms with Crippen LogP contribution in [0.25, 0.3) is 0 Å². The summed E-state index contributed by atoms with van der Waals surface area (Å²) in [6.07, 6.45) is 5.40. The van der Waals surface area contributed by atoms with E-state index < -0.39 is 0 Å². The number of nitrogens with zero attached hydrogens (tertiary/aromatic N) is 1. The molecule has 2 fully saturated rings. The normalized spacial score (nSPS) is 31.7. The van der Waals surface area contributed by atoms with Crippen molar-refractivity contribution in [3.8, 4) is 0 Å². The zero-order valence-corrected chi connectivity index (χ0v) is 11.0. The van der Waals surface area contributed by atoms with E-state index in [1.165, 1.54) is 0 Å². The van der Waals surface area contributed by atoms with Crippen molar-refractivity contribution in [2.45, 2.75) is 50.6 Å². The lowest BCUT2D eigenvalue weighted by atomic mass is 9.99. The molecule has 1 saturated heterocycles. The average molecular weight is 253 g/mol. The zero-order valence-electron chi connectivity index (χ0n) is 11.0. The van der Waals surface area contributed by atoms with Crippen LogP contribution >= 0.6 is 0 Å². The van der Waals surface area contributed by atoms with Gasteiger partial charge in [-0.05, 0) is 31.6 Å². The van der Waals surface area contributed by atoms with E-state index in [0.717, 1.165) is 32.1 Å². The first-order valence-corrected chi connectivity index (χ1v) is 6.90. The van der Waals surface area contributed by atoms with Crippen molar-refractivity contribution in [1.29, 1.82) is 0 Å². The number of nitrogens with two attached hydrogens (primary N) is 1. The van der Waals surface area contributed by atoms with Gasteiger partial charge in [-0.15, -0.1) is 0 Å². The number of hydrogen-bond acceptors (Lipinski definition) is 3. The standard InChI is InChI=1S/C13H23N3O2/c1-15-13(18)11-6-3-7-16(11)12(17)8-9-4-2-5-10(9)14/h9-11H,2-8,14H2,1H3,(H,15,18)/t9-,10+,11?/m0/s1. The number of hydrogen-bond donors (Lipinski definition) is 2. The molecule has 1 aliphatic heterocycles. The summed E-state index contributed by atoms with van der Waals surface area (Å²) in [5.41, 5.74) is 6.00. The molecule has 0 aromatic carbocycles. The van der Waals surface area contributed by atoms with E-state index >= 15 is 0 Å². The highest BCUT2D eigenvalue weighted by Gasteiger charge is 2.35. The maximum Gasteiger partial charge on any atom is 0.242 e. The van der Waals surface area contributed by atoms with Gasteiger partial charge in [0.05, 0.1) is 0 Å². The topological polar surface area (TPSA) is 75.4 Å². The first-order chi connectivity index (χ1) is 8.63. The van der Waals surface area contributed by atoms with Crippen LogP contribution in [0.3, 0.4) is 0 Å². The van der Waals surface area contributed by atoms with Gasteiger partial charge in [0, 0.05) is 26.1 Å². The fraction of sp³-hybridized carbons (Fsp3) is 0.846. The van der Waals surface area contributed by atoms with Crippen molar-refractivity contribution in [1.82, 2.24) is 10.2 Å². The summed E-state index contributed by atoms with van der Waals surface area (Å²) in [6.45, 7) is 0.707. The minimum Gasteiger partial charge on any atom is -0.357 e. The molecule has 0 bridgehead atoms. The van der Waals surface area contributed by atoms with Crippen molar-refractivity contribution in [2.24, 2.45) is 11.7 Å². The molecule has 1 aliphatic carbocycles. The molecule has 5 nitrogen and oxygen atoms in total. The van der Waals surface area contributed by atoms with Crippen molar-refractivity contribution >= 4 is 11.8 Å². The van der Waals surface area contributed by atoms with Crippen molar-refractivity contribution in [2.75, 3.05) is 13.6 Å². The maximum atomic E-state index is 12.3. The molecule has 2 rings (SSSR count). The van der Waals surface area contributed by atoms with E-state index in [1.54, 1.807) is 11.9 Å². The Bertz CT molecular complexity index is 332. The molecule has 0 aromatic heterocycles. The number of amides is 2. The van der Waals surface area contributed by atoms with Crippen LogP contribution in [-0.4, -0.2) is 42.4 Å². The Balaban J connectivity index is 1.93. The van der Waals surface area contributed by atoms with Gasteiger partial charge in [0.15, 0.2) is 0 Å². The number of carbonyl (C=O) groups is 2. The molecule has 2 amide bonds. The number of likely N-dealkylation sites (N-methyl/N-ethyl adjacent to an activating group) is 1. The zero-order chi connectivity index (χ0) is 13.1. The van der Waals surface area contributed by atoms with Gasteiger partial charge >= 0.3 is 0 Å². The molecular weight excluding hydrogens is 230 g/mol. The Labute approximate surface area is 108 Å². The summed E-state index contributed by atoms with van der Waals surface area (Å²) in [5.74, 6) is 0.364. The van der Waals surface area contributed by atoms with Gasteiger partial charge < -0.3 is 16.0 Å². The minimum absolute atomic E-state index is 0.0448. The van der Waals surface area contributed by atoms with Gasteiger partial charge in [0.2, 0.25) is 11.8 Å². The molecule has 0 spiro atoms. The Morgan fingerprint density at radius 3 is 2.67 bits per heavy atom. The van der Waals surface area contributed by atoms with Crippen LogP contribution < -0.4 is 11.1 Å². The highest BCUT2D eigenvalue weighted by Crippen LogP contribution is 2.29. The molecule has 102 valence electrons. The molecule has 1 saturated carbocycles. The number of rotatable bonds is 3. The number of nitrogens with one attached hydrogen (secondary N) is 1. The molecule has 2 aliphatic rings. The second kappa shape index (κ2) is 5.69. The summed E-state index contributed by atoms with van der Waals surface area (Å²) in [5, 5.41) is 2.64. The molecule has 18 heavy (non-hydrogen) atoms. The summed E-state index contributed by atoms with van der Waals surface area (Å²) in [6, 6.07) is -0.102. The Kier molecular flexibility index (Phi) is 4.22. The highest BCUT2D eigenvalue weighted by molar-refractivity contribution is 5.88. The second-order valence-corrected chi connectivity index (χ2v) is 5.42. The smallest absolute Gasteiger partial charge is 0.242 e. The third-order valence-corrected chi connectivity index (χ3v) is 4.28. The highest BCUT2D eigenvalue weighted by atomic mass is 16.2. The Morgan fingerprint density at radius 2 is 2.06 bits per heavy atom. The fourth-order valence-electron chi connectivity index (χ4n) is 3.16. The third-order valence-electron chi connectivity index (χ3n) is 4.28. The van der Waals surface area contributed by atoms with Crippen LogP contribution in [0.4, 0.5) is 0 Å². The number of likely N-dealkylation sites (tertiary alicyclic amines) is 1. The van der Waals surface area contributed by atoms with Gasteiger partial charge in [-0.25, -0.2) is 0 Å². The van der Waals surface area contributed by atoms with Crippen LogP contribution in [0.5, 0.6) is 0 Å². The third kappa shape index (κ3) is 2.66. The molecule has 1 unspecified atom stereocenters. The lowest BCUT2D eigenvalue weighted by Crippen LogP contribution is -2.45. The predicted molar refractivity (Wildman–Crippen MR) is 68.7 cm³/mol. The summed E-state index contributed by atoms with van der Waals surface area (Å²) >= 11 is 0. The Hall–Kier alpha value is -1.10. The van der Waals surface area contributed by atoms with E-state index in [2.05, 4.69) is 5.32 Å². The summed E-state index contributed by atoms with van der Waals surface area (Å²) in [4.78, 5) is 25.7. The van der Waals surface area contributed by atoms with E-state index in [-0.39, 0.29) is 23.9 Å². The maximum absolute atomic E-state index is 12.3. The van der Waals surface area contributed by atoms with Crippen LogP contribution in [0.15, 0.2) is 0 Å². The van der Waals surface area contributed by atoms with E-state index in [4.69, 9.17) is 5.73 Å². The predicted octanol–water partition coefficient (Wildman–Crippen LogP) is 0.241. The van der Waals surface area contributed by atoms with E-state index in [1.807, 2.05) is 0 Å².